The van der Waals surface area contributed by atoms with Crippen molar-refractivity contribution >= 4 is 5.97 Å². The molecule has 0 heterocycles. The molecule has 160 valence electrons. The fourth-order valence-electron chi connectivity index (χ4n) is 4.30. The normalized spacial score (nSPS) is 14.3. The molecular weight excluding hydrogens is 380 g/mol. The van der Waals surface area contributed by atoms with E-state index in [2.05, 4.69) is 66.7 Å². The summed E-state index contributed by atoms with van der Waals surface area (Å²) in [6, 6.07) is 27.6. The topological polar surface area (TPSA) is 26.3 Å². The summed E-state index contributed by atoms with van der Waals surface area (Å²) in [6.07, 6.45) is 9.86. The van der Waals surface area contributed by atoms with Crippen LogP contribution in [0.5, 0.6) is 0 Å². The quantitative estimate of drug-likeness (QED) is 0.383. The van der Waals surface area contributed by atoms with Gasteiger partial charge >= 0.3 is 5.97 Å². The van der Waals surface area contributed by atoms with E-state index in [0.717, 1.165) is 38.5 Å². The lowest BCUT2D eigenvalue weighted by atomic mass is 9.97. The van der Waals surface area contributed by atoms with E-state index in [1.54, 1.807) is 0 Å². The Hall–Kier alpha value is -2.87. The largest absolute Gasteiger partial charge is 0.459 e. The lowest BCUT2D eigenvalue weighted by Crippen LogP contribution is -2.20. The van der Waals surface area contributed by atoms with E-state index in [1.807, 2.05) is 12.1 Å². The van der Waals surface area contributed by atoms with Crippen LogP contribution in [-0.2, 0) is 30.4 Å². The molecule has 2 nitrogen and oxygen atoms in total. The SMILES string of the molecule is O=C(OC1CCCCC1)c1ccc(CCc2ccc(CCc3ccccc3)cc2)cc1. The maximum Gasteiger partial charge on any atom is 0.338 e. The van der Waals surface area contributed by atoms with E-state index in [9.17, 15) is 4.79 Å². The maximum absolute atomic E-state index is 12.4. The summed E-state index contributed by atoms with van der Waals surface area (Å²) in [6.45, 7) is 0. The van der Waals surface area contributed by atoms with Crippen LogP contribution >= 0.6 is 0 Å². The summed E-state index contributed by atoms with van der Waals surface area (Å²) in [7, 11) is 0. The highest BCUT2D eigenvalue weighted by molar-refractivity contribution is 5.89. The van der Waals surface area contributed by atoms with Crippen LogP contribution in [0.15, 0.2) is 78.9 Å². The van der Waals surface area contributed by atoms with Gasteiger partial charge in [0.15, 0.2) is 0 Å². The van der Waals surface area contributed by atoms with Crippen LogP contribution in [0, 0.1) is 0 Å². The molecular formula is C29H32O2. The summed E-state index contributed by atoms with van der Waals surface area (Å²) in [5.74, 6) is -0.176. The zero-order valence-corrected chi connectivity index (χ0v) is 18.3. The third-order valence-corrected chi connectivity index (χ3v) is 6.29. The Morgan fingerprint density at radius 2 is 1.06 bits per heavy atom. The molecule has 1 aliphatic carbocycles. The van der Waals surface area contributed by atoms with E-state index in [4.69, 9.17) is 4.74 Å². The average Bonchev–Trinajstić information content (AvgIpc) is 2.84. The number of rotatable bonds is 8. The Bertz CT molecular complexity index is 936. The number of carbonyl (C=O) groups is 1. The van der Waals surface area contributed by atoms with Crippen molar-refractivity contribution in [2.24, 2.45) is 0 Å². The molecule has 3 aromatic rings. The molecule has 4 rings (SSSR count). The number of hydrogen-bond donors (Lipinski definition) is 0. The number of carbonyl (C=O) groups excluding carboxylic acids is 1. The molecule has 1 fully saturated rings. The molecule has 3 aromatic carbocycles. The molecule has 31 heavy (non-hydrogen) atoms. The minimum Gasteiger partial charge on any atom is -0.459 e. The zero-order valence-electron chi connectivity index (χ0n) is 18.3. The fourth-order valence-corrected chi connectivity index (χ4v) is 4.30. The van der Waals surface area contributed by atoms with Crippen LogP contribution in [0.1, 0.15) is 64.7 Å². The second-order valence-electron chi connectivity index (χ2n) is 8.66. The molecule has 1 aliphatic rings. The van der Waals surface area contributed by atoms with Crippen molar-refractivity contribution in [3.63, 3.8) is 0 Å². The molecule has 0 atom stereocenters. The maximum atomic E-state index is 12.4. The van der Waals surface area contributed by atoms with Gasteiger partial charge in [0.1, 0.15) is 6.10 Å². The third kappa shape index (κ3) is 6.55. The van der Waals surface area contributed by atoms with Crippen LogP contribution in [-0.4, -0.2) is 12.1 Å². The van der Waals surface area contributed by atoms with Gasteiger partial charge in [0.25, 0.3) is 0 Å². The van der Waals surface area contributed by atoms with Gasteiger partial charge in [-0.3, -0.25) is 0 Å². The van der Waals surface area contributed by atoms with Crippen LogP contribution < -0.4 is 0 Å². The molecule has 0 aromatic heterocycles. The van der Waals surface area contributed by atoms with Gasteiger partial charge in [-0.05, 0) is 85.8 Å². The molecule has 0 bridgehead atoms. The van der Waals surface area contributed by atoms with E-state index < -0.39 is 0 Å². The second kappa shape index (κ2) is 10.9. The lowest BCUT2D eigenvalue weighted by Gasteiger charge is -2.21. The Labute approximate surface area is 186 Å². The summed E-state index contributed by atoms with van der Waals surface area (Å²) in [4.78, 5) is 12.4. The number of aryl methyl sites for hydroxylation is 4. The van der Waals surface area contributed by atoms with Gasteiger partial charge in [0.05, 0.1) is 5.56 Å². The van der Waals surface area contributed by atoms with Gasteiger partial charge in [-0.25, -0.2) is 4.79 Å². The fraction of sp³-hybridized carbons (Fsp3) is 0.345. The van der Waals surface area contributed by atoms with E-state index >= 15 is 0 Å². The molecule has 0 radical (unpaired) electrons. The van der Waals surface area contributed by atoms with Crippen molar-refractivity contribution in [3.8, 4) is 0 Å². The first kappa shape index (κ1) is 21.4. The highest BCUT2D eigenvalue weighted by atomic mass is 16.5. The third-order valence-electron chi connectivity index (χ3n) is 6.29. The van der Waals surface area contributed by atoms with Crippen molar-refractivity contribution < 1.29 is 9.53 Å². The number of hydrogen-bond acceptors (Lipinski definition) is 2. The minimum atomic E-state index is -0.176. The van der Waals surface area contributed by atoms with Gasteiger partial charge in [-0.2, -0.15) is 0 Å². The summed E-state index contributed by atoms with van der Waals surface area (Å²) < 4.78 is 5.67. The van der Waals surface area contributed by atoms with Gasteiger partial charge in [-0.1, -0.05) is 73.2 Å². The van der Waals surface area contributed by atoms with Crippen molar-refractivity contribution in [2.45, 2.75) is 63.9 Å². The van der Waals surface area contributed by atoms with Gasteiger partial charge in [-0.15, -0.1) is 0 Å². The molecule has 0 N–H and O–H groups in total. The first-order valence-electron chi connectivity index (χ1n) is 11.7. The molecule has 0 unspecified atom stereocenters. The Kier molecular flexibility index (Phi) is 7.55. The second-order valence-corrected chi connectivity index (χ2v) is 8.66. The average molecular weight is 413 g/mol. The van der Waals surface area contributed by atoms with Crippen molar-refractivity contribution in [2.75, 3.05) is 0 Å². The summed E-state index contributed by atoms with van der Waals surface area (Å²) >= 11 is 0. The lowest BCUT2D eigenvalue weighted by molar-refractivity contribution is 0.0211. The van der Waals surface area contributed by atoms with Crippen LogP contribution in [0.3, 0.4) is 0 Å². The molecule has 2 heteroatoms. The van der Waals surface area contributed by atoms with E-state index in [0.29, 0.717) is 5.56 Å². The summed E-state index contributed by atoms with van der Waals surface area (Å²) in [5.41, 5.74) is 6.04. The Morgan fingerprint density at radius 1 is 0.613 bits per heavy atom. The Balaban J connectivity index is 1.23. The van der Waals surface area contributed by atoms with Crippen LogP contribution in [0.4, 0.5) is 0 Å². The predicted molar refractivity (Wildman–Crippen MR) is 126 cm³/mol. The van der Waals surface area contributed by atoms with Crippen molar-refractivity contribution in [1.82, 2.24) is 0 Å². The van der Waals surface area contributed by atoms with Gasteiger partial charge < -0.3 is 4.74 Å². The number of benzene rings is 3. The van der Waals surface area contributed by atoms with E-state index in [-0.39, 0.29) is 12.1 Å². The first-order valence-corrected chi connectivity index (χ1v) is 11.7. The predicted octanol–water partition coefficient (Wildman–Crippen LogP) is 6.75. The monoisotopic (exact) mass is 412 g/mol. The van der Waals surface area contributed by atoms with Crippen molar-refractivity contribution in [1.29, 1.82) is 0 Å². The van der Waals surface area contributed by atoms with Gasteiger partial charge in [0.2, 0.25) is 0 Å². The van der Waals surface area contributed by atoms with Gasteiger partial charge in [0, 0.05) is 0 Å². The molecule has 0 aliphatic heterocycles. The zero-order chi connectivity index (χ0) is 21.3. The highest BCUT2D eigenvalue weighted by Crippen LogP contribution is 2.21. The smallest absolute Gasteiger partial charge is 0.338 e. The highest BCUT2D eigenvalue weighted by Gasteiger charge is 2.18. The molecule has 1 saturated carbocycles. The minimum absolute atomic E-state index is 0.108. The molecule has 0 amide bonds. The van der Waals surface area contributed by atoms with Crippen LogP contribution in [0.2, 0.25) is 0 Å². The molecule has 0 saturated heterocycles. The van der Waals surface area contributed by atoms with Crippen molar-refractivity contribution in [3.05, 3.63) is 107 Å². The number of esters is 1. The standard InChI is InChI=1S/C29H32O2/c30-29(31-28-9-5-2-6-10-28)27-21-19-26(20-22-27)18-17-25-15-13-24(14-16-25)12-11-23-7-3-1-4-8-23/h1,3-4,7-8,13-16,19-22,28H,2,5-6,9-12,17-18H2. The van der Waals surface area contributed by atoms with E-state index in [1.165, 1.54) is 41.5 Å². The van der Waals surface area contributed by atoms with Crippen LogP contribution in [0.25, 0.3) is 0 Å². The summed E-state index contributed by atoms with van der Waals surface area (Å²) in [5, 5.41) is 0. The first-order chi connectivity index (χ1) is 15.3. The Morgan fingerprint density at radius 3 is 1.58 bits per heavy atom. The molecule has 0 spiro atoms. The number of ether oxygens (including phenoxy) is 1.